The summed E-state index contributed by atoms with van der Waals surface area (Å²) in [7, 11) is 1.96. The number of primary amides is 1. The van der Waals surface area contributed by atoms with Crippen molar-refractivity contribution in [2.75, 3.05) is 5.73 Å². The summed E-state index contributed by atoms with van der Waals surface area (Å²) in [5, 5.41) is 5.41. The van der Waals surface area contributed by atoms with E-state index in [1.807, 2.05) is 28.3 Å². The van der Waals surface area contributed by atoms with Crippen LogP contribution in [-0.2, 0) is 7.05 Å². The summed E-state index contributed by atoms with van der Waals surface area (Å²) in [6.07, 6.45) is 1.47. The van der Waals surface area contributed by atoms with Gasteiger partial charge in [0.25, 0.3) is 0 Å². The molecule has 0 spiro atoms. The zero-order valence-corrected chi connectivity index (χ0v) is 14.9. The number of aryl methyl sites for hydroxylation is 1. The van der Waals surface area contributed by atoms with Gasteiger partial charge in [-0.25, -0.2) is 9.50 Å². The van der Waals surface area contributed by atoms with Gasteiger partial charge in [-0.2, -0.15) is 5.10 Å². The molecule has 0 saturated carbocycles. The molecule has 0 aliphatic carbocycles. The summed E-state index contributed by atoms with van der Waals surface area (Å²) in [6.45, 7) is 4.23. The van der Waals surface area contributed by atoms with Gasteiger partial charge in [-0.15, -0.1) is 0 Å². The molecule has 0 radical (unpaired) electrons. The molecule has 7 heteroatoms. The third-order valence-electron chi connectivity index (χ3n) is 4.81. The second-order valence-corrected chi connectivity index (χ2v) is 6.77. The normalized spacial score (nSPS) is 11.7. The second-order valence-electron chi connectivity index (χ2n) is 6.77. The van der Waals surface area contributed by atoms with Gasteiger partial charge in [-0.3, -0.25) is 4.79 Å². The Bertz CT molecular complexity index is 1170. The standard InChI is InChI=1S/C19H20N6O/c1-10(2)14-8-13(17-18(20)22-9-23-25(14)17)16-6-11-4-5-12(19(21)26)7-15(11)24(16)3/h4-10H,1-3H3,(H2,21,26)(H2,20,22,23). The molecule has 0 fully saturated rings. The number of carbonyl (C=O) groups excluding carboxylic acids is 1. The molecular formula is C19H20N6O. The molecule has 3 heterocycles. The summed E-state index contributed by atoms with van der Waals surface area (Å²) in [6, 6.07) is 9.63. The lowest BCUT2D eigenvalue weighted by atomic mass is 10.1. The topological polar surface area (TPSA) is 104 Å². The Balaban J connectivity index is 2.04. The fourth-order valence-electron chi connectivity index (χ4n) is 3.44. The number of hydrogen-bond donors (Lipinski definition) is 2. The first-order valence-corrected chi connectivity index (χ1v) is 8.40. The van der Waals surface area contributed by atoms with Crippen molar-refractivity contribution in [3.63, 3.8) is 0 Å². The second kappa shape index (κ2) is 5.59. The smallest absolute Gasteiger partial charge is 0.248 e. The molecule has 26 heavy (non-hydrogen) atoms. The van der Waals surface area contributed by atoms with Gasteiger partial charge in [0.15, 0.2) is 5.82 Å². The molecule has 0 atom stereocenters. The highest BCUT2D eigenvalue weighted by atomic mass is 16.1. The zero-order chi connectivity index (χ0) is 18.6. The van der Waals surface area contributed by atoms with Crippen LogP contribution in [0.4, 0.5) is 5.82 Å². The largest absolute Gasteiger partial charge is 0.382 e. The van der Waals surface area contributed by atoms with Gasteiger partial charge >= 0.3 is 0 Å². The molecule has 4 rings (SSSR count). The summed E-state index contributed by atoms with van der Waals surface area (Å²) < 4.78 is 3.89. The Labute approximate surface area is 150 Å². The van der Waals surface area contributed by atoms with E-state index in [4.69, 9.17) is 11.5 Å². The minimum Gasteiger partial charge on any atom is -0.382 e. The molecule has 132 valence electrons. The summed E-state index contributed by atoms with van der Waals surface area (Å²) >= 11 is 0. The van der Waals surface area contributed by atoms with Gasteiger partial charge in [0.2, 0.25) is 5.91 Å². The lowest BCUT2D eigenvalue weighted by molar-refractivity contribution is 0.100. The number of nitrogens with two attached hydrogens (primary N) is 2. The molecule has 0 unspecified atom stereocenters. The van der Waals surface area contributed by atoms with E-state index in [-0.39, 0.29) is 5.92 Å². The number of hydrogen-bond acceptors (Lipinski definition) is 4. The van der Waals surface area contributed by atoms with Crippen LogP contribution < -0.4 is 11.5 Å². The first kappa shape index (κ1) is 16.1. The zero-order valence-electron chi connectivity index (χ0n) is 14.9. The lowest BCUT2D eigenvalue weighted by Crippen LogP contribution is -2.10. The van der Waals surface area contributed by atoms with E-state index in [0.717, 1.165) is 33.4 Å². The van der Waals surface area contributed by atoms with Crippen LogP contribution in [0.1, 0.15) is 35.8 Å². The van der Waals surface area contributed by atoms with E-state index in [1.165, 1.54) is 6.33 Å². The van der Waals surface area contributed by atoms with Crippen LogP contribution in [0.2, 0.25) is 0 Å². The Kier molecular flexibility index (Phi) is 3.47. The van der Waals surface area contributed by atoms with Gasteiger partial charge in [0.05, 0.1) is 5.69 Å². The number of nitrogens with zero attached hydrogens (tertiary/aromatic N) is 4. The quantitative estimate of drug-likeness (QED) is 0.594. The number of anilines is 1. The van der Waals surface area contributed by atoms with E-state index in [0.29, 0.717) is 11.4 Å². The molecule has 1 aromatic carbocycles. The average molecular weight is 348 g/mol. The average Bonchev–Trinajstić information content (AvgIpc) is 3.14. The predicted octanol–water partition coefficient (Wildman–Crippen LogP) is 2.69. The fraction of sp³-hybridized carbons (Fsp3) is 0.211. The Hall–Kier alpha value is -3.35. The van der Waals surface area contributed by atoms with Crippen LogP contribution in [0.15, 0.2) is 36.7 Å². The van der Waals surface area contributed by atoms with Gasteiger partial charge in [-0.05, 0) is 30.2 Å². The highest BCUT2D eigenvalue weighted by Crippen LogP contribution is 2.35. The van der Waals surface area contributed by atoms with Crippen molar-refractivity contribution < 1.29 is 4.79 Å². The molecule has 0 aliphatic rings. The highest BCUT2D eigenvalue weighted by molar-refractivity contribution is 5.99. The number of fused-ring (bicyclic) bond motifs is 2. The van der Waals surface area contributed by atoms with E-state index >= 15 is 0 Å². The Morgan fingerprint density at radius 3 is 2.65 bits per heavy atom. The van der Waals surface area contributed by atoms with E-state index in [1.54, 1.807) is 6.07 Å². The van der Waals surface area contributed by atoms with Crippen molar-refractivity contribution in [3.05, 3.63) is 47.9 Å². The summed E-state index contributed by atoms with van der Waals surface area (Å²) in [5.74, 6) is 0.274. The number of aromatic nitrogens is 4. The first-order chi connectivity index (χ1) is 12.4. The third kappa shape index (κ3) is 2.24. The van der Waals surface area contributed by atoms with Crippen molar-refractivity contribution in [2.45, 2.75) is 19.8 Å². The van der Waals surface area contributed by atoms with Crippen LogP contribution in [0.5, 0.6) is 0 Å². The number of rotatable bonds is 3. The molecule has 7 nitrogen and oxygen atoms in total. The molecule has 3 aromatic heterocycles. The monoisotopic (exact) mass is 348 g/mol. The van der Waals surface area contributed by atoms with Crippen molar-refractivity contribution in [3.8, 4) is 11.3 Å². The number of carbonyl (C=O) groups is 1. The molecule has 0 bridgehead atoms. The minimum absolute atomic E-state index is 0.279. The van der Waals surface area contributed by atoms with Crippen LogP contribution in [0.25, 0.3) is 27.7 Å². The molecule has 4 aromatic rings. The van der Waals surface area contributed by atoms with Crippen molar-refractivity contribution in [1.29, 1.82) is 0 Å². The van der Waals surface area contributed by atoms with E-state index < -0.39 is 5.91 Å². The van der Waals surface area contributed by atoms with Crippen molar-refractivity contribution in [2.24, 2.45) is 12.8 Å². The Morgan fingerprint density at radius 2 is 1.96 bits per heavy atom. The number of nitrogen functional groups attached to an aromatic ring is 1. The van der Waals surface area contributed by atoms with Crippen LogP contribution in [-0.4, -0.2) is 25.1 Å². The third-order valence-corrected chi connectivity index (χ3v) is 4.81. The van der Waals surface area contributed by atoms with Gasteiger partial charge < -0.3 is 16.0 Å². The SMILES string of the molecule is CC(C)c1cc(-c2cc3ccc(C(N)=O)cc3n2C)c2c(N)ncnn12. The van der Waals surface area contributed by atoms with E-state index in [9.17, 15) is 4.79 Å². The maximum absolute atomic E-state index is 11.5. The molecule has 1 amide bonds. The number of benzene rings is 1. The van der Waals surface area contributed by atoms with Crippen LogP contribution >= 0.6 is 0 Å². The van der Waals surface area contributed by atoms with Crippen molar-refractivity contribution >= 4 is 28.1 Å². The Morgan fingerprint density at radius 1 is 1.19 bits per heavy atom. The lowest BCUT2D eigenvalue weighted by Gasteiger charge is -2.06. The van der Waals surface area contributed by atoms with Gasteiger partial charge in [0, 0.05) is 34.8 Å². The summed E-state index contributed by atoms with van der Waals surface area (Å²) in [5.41, 5.74) is 16.8. The minimum atomic E-state index is -0.441. The van der Waals surface area contributed by atoms with Crippen molar-refractivity contribution in [1.82, 2.24) is 19.2 Å². The maximum Gasteiger partial charge on any atom is 0.248 e. The van der Waals surface area contributed by atoms with Gasteiger partial charge in [-0.1, -0.05) is 19.9 Å². The fourth-order valence-corrected chi connectivity index (χ4v) is 3.44. The molecule has 0 aliphatic heterocycles. The molecular weight excluding hydrogens is 328 g/mol. The molecule has 0 saturated heterocycles. The summed E-state index contributed by atoms with van der Waals surface area (Å²) in [4.78, 5) is 15.7. The maximum atomic E-state index is 11.5. The van der Waals surface area contributed by atoms with Crippen LogP contribution in [0.3, 0.4) is 0 Å². The first-order valence-electron chi connectivity index (χ1n) is 8.40. The number of amides is 1. The predicted molar refractivity (Wildman–Crippen MR) is 102 cm³/mol. The van der Waals surface area contributed by atoms with Crippen LogP contribution in [0, 0.1) is 0 Å². The molecule has 4 N–H and O–H groups in total. The van der Waals surface area contributed by atoms with E-state index in [2.05, 4.69) is 36.1 Å². The van der Waals surface area contributed by atoms with Gasteiger partial charge in [0.1, 0.15) is 11.8 Å². The highest BCUT2D eigenvalue weighted by Gasteiger charge is 2.20.